The molecule has 0 aromatic heterocycles. The number of allylic oxidation sites excluding steroid dienone is 1. The largest absolute Gasteiger partial charge is 0.478 e. The van der Waals surface area contributed by atoms with Crippen molar-refractivity contribution in [3.63, 3.8) is 0 Å². The second-order valence-corrected chi connectivity index (χ2v) is 8.19. The van der Waals surface area contributed by atoms with Gasteiger partial charge in [0.15, 0.2) is 0 Å². The lowest BCUT2D eigenvalue weighted by Crippen LogP contribution is -2.54. The Morgan fingerprint density at radius 3 is 1.86 bits per heavy atom. The van der Waals surface area contributed by atoms with Gasteiger partial charge in [-0.05, 0) is 86.9 Å². The number of hydrogen-bond donors (Lipinski definition) is 1. The van der Waals surface area contributed by atoms with E-state index >= 15 is 0 Å². The lowest BCUT2D eigenvalue weighted by molar-refractivity contribution is -0.133. The molecule has 0 aromatic carbocycles. The van der Waals surface area contributed by atoms with E-state index < -0.39 is 5.97 Å². The fourth-order valence-corrected chi connectivity index (χ4v) is 6.55. The lowest BCUT2D eigenvalue weighted by atomic mass is 9.41. The highest BCUT2D eigenvalue weighted by Crippen LogP contribution is 2.68. The van der Waals surface area contributed by atoms with Crippen LogP contribution in [0.2, 0.25) is 0 Å². The molecule has 0 radical (unpaired) electrons. The number of aliphatic carboxylic acids is 1. The van der Waals surface area contributed by atoms with Crippen molar-refractivity contribution in [1.82, 2.24) is 0 Å². The summed E-state index contributed by atoms with van der Waals surface area (Å²) in [6.07, 6.45) is 12.7. The van der Waals surface area contributed by atoms with E-state index in [4.69, 9.17) is 0 Å². The average molecular weight is 290 g/mol. The Morgan fingerprint density at radius 2 is 1.52 bits per heavy atom. The highest BCUT2D eigenvalue weighted by molar-refractivity contribution is 5.85. The summed E-state index contributed by atoms with van der Waals surface area (Å²) in [5.41, 5.74) is 1.04. The van der Waals surface area contributed by atoms with Gasteiger partial charge >= 0.3 is 5.97 Å². The van der Waals surface area contributed by atoms with Crippen LogP contribution in [-0.2, 0) is 4.79 Å². The van der Waals surface area contributed by atoms with Crippen LogP contribution in [0.3, 0.4) is 0 Å². The van der Waals surface area contributed by atoms with Gasteiger partial charge in [0, 0.05) is 5.57 Å². The molecule has 118 valence electrons. The molecule has 0 saturated heterocycles. The van der Waals surface area contributed by atoms with Crippen LogP contribution in [0.5, 0.6) is 0 Å². The molecule has 0 heterocycles. The molecule has 2 heteroatoms. The zero-order valence-electron chi connectivity index (χ0n) is 13.8. The molecule has 0 aliphatic heterocycles. The summed E-state index contributed by atoms with van der Waals surface area (Å²) in [4.78, 5) is 11.4. The summed E-state index contributed by atoms with van der Waals surface area (Å²) in [7, 11) is 0. The molecule has 0 spiro atoms. The Hall–Kier alpha value is -0.790. The topological polar surface area (TPSA) is 37.3 Å². The van der Waals surface area contributed by atoms with Crippen LogP contribution in [0.25, 0.3) is 0 Å². The molecule has 4 bridgehead atoms. The fourth-order valence-electron chi connectivity index (χ4n) is 6.55. The van der Waals surface area contributed by atoms with Gasteiger partial charge in [0.05, 0.1) is 0 Å². The first kappa shape index (κ1) is 15.1. The number of carbonyl (C=O) groups is 1. The van der Waals surface area contributed by atoms with Crippen LogP contribution in [0.1, 0.15) is 72.1 Å². The van der Waals surface area contributed by atoms with Crippen LogP contribution in [0.4, 0.5) is 0 Å². The Morgan fingerprint density at radius 1 is 1.10 bits per heavy atom. The normalized spacial score (nSPS) is 38.8. The standard InChI is InChI=1S/C19H30O2/c1-4-18(5-2,9-13(3)17(20)21)19-10-14-6-15(11-19)8-16(7-14)12-19/h9,14-16H,4-8,10-12H2,1-3H3,(H,20,21). The van der Waals surface area contributed by atoms with Crippen LogP contribution < -0.4 is 0 Å². The van der Waals surface area contributed by atoms with Gasteiger partial charge < -0.3 is 5.11 Å². The highest BCUT2D eigenvalue weighted by Gasteiger charge is 2.58. The quantitative estimate of drug-likeness (QED) is 0.720. The van der Waals surface area contributed by atoms with Gasteiger partial charge in [-0.25, -0.2) is 4.79 Å². The summed E-state index contributed by atoms with van der Waals surface area (Å²) in [5, 5.41) is 9.35. The van der Waals surface area contributed by atoms with E-state index in [-0.39, 0.29) is 5.41 Å². The number of rotatable bonds is 5. The van der Waals surface area contributed by atoms with Crippen molar-refractivity contribution >= 4 is 5.97 Å². The minimum atomic E-state index is -0.744. The van der Waals surface area contributed by atoms with Crippen molar-refractivity contribution in [2.75, 3.05) is 0 Å². The second kappa shape index (κ2) is 5.14. The van der Waals surface area contributed by atoms with Crippen LogP contribution in [0.15, 0.2) is 11.6 Å². The van der Waals surface area contributed by atoms with E-state index in [9.17, 15) is 9.90 Å². The summed E-state index contributed by atoms with van der Waals surface area (Å²) in [6.45, 7) is 6.32. The van der Waals surface area contributed by atoms with Crippen molar-refractivity contribution < 1.29 is 9.90 Å². The molecule has 0 unspecified atom stereocenters. The molecule has 2 nitrogen and oxygen atoms in total. The number of carboxylic acids is 1. The van der Waals surface area contributed by atoms with Crippen molar-refractivity contribution in [2.45, 2.75) is 72.1 Å². The minimum Gasteiger partial charge on any atom is -0.478 e. The monoisotopic (exact) mass is 290 g/mol. The third kappa shape index (κ3) is 2.26. The summed E-state index contributed by atoms with van der Waals surface area (Å²) < 4.78 is 0. The molecule has 4 fully saturated rings. The van der Waals surface area contributed by atoms with Gasteiger partial charge in [0.1, 0.15) is 0 Å². The summed E-state index contributed by atoms with van der Waals surface area (Å²) >= 11 is 0. The van der Waals surface area contributed by atoms with Gasteiger partial charge in [0.2, 0.25) is 0 Å². The lowest BCUT2D eigenvalue weighted by Gasteiger charge is -2.63. The number of carboxylic acid groups (broad SMARTS) is 1. The van der Waals surface area contributed by atoms with Crippen LogP contribution in [0, 0.1) is 28.6 Å². The second-order valence-electron chi connectivity index (χ2n) is 8.19. The molecular weight excluding hydrogens is 260 g/mol. The molecule has 21 heavy (non-hydrogen) atoms. The first-order valence-electron chi connectivity index (χ1n) is 8.86. The summed E-state index contributed by atoms with van der Waals surface area (Å²) in [6, 6.07) is 0. The van der Waals surface area contributed by atoms with E-state index in [2.05, 4.69) is 19.9 Å². The molecule has 4 aliphatic rings. The predicted molar refractivity (Wildman–Crippen MR) is 85.0 cm³/mol. The van der Waals surface area contributed by atoms with Gasteiger partial charge in [-0.15, -0.1) is 0 Å². The third-order valence-electron chi connectivity index (χ3n) is 7.19. The number of hydrogen-bond acceptors (Lipinski definition) is 1. The van der Waals surface area contributed by atoms with Gasteiger partial charge in [-0.2, -0.15) is 0 Å². The zero-order valence-corrected chi connectivity index (χ0v) is 13.8. The van der Waals surface area contributed by atoms with Gasteiger partial charge in [-0.1, -0.05) is 19.9 Å². The van der Waals surface area contributed by atoms with E-state index in [1.807, 2.05) is 0 Å². The zero-order chi connectivity index (χ0) is 15.3. The maximum atomic E-state index is 11.4. The summed E-state index contributed by atoms with van der Waals surface area (Å²) in [5.74, 6) is 2.03. The van der Waals surface area contributed by atoms with Crippen molar-refractivity contribution in [2.24, 2.45) is 28.6 Å². The molecule has 0 atom stereocenters. The van der Waals surface area contributed by atoms with E-state index in [1.165, 1.54) is 38.5 Å². The molecule has 4 rings (SSSR count). The smallest absolute Gasteiger partial charge is 0.330 e. The first-order chi connectivity index (χ1) is 9.93. The molecule has 1 N–H and O–H groups in total. The first-order valence-corrected chi connectivity index (χ1v) is 8.86. The predicted octanol–water partition coefficient (Wildman–Crippen LogP) is 5.04. The minimum absolute atomic E-state index is 0.103. The Bertz CT molecular complexity index is 421. The van der Waals surface area contributed by atoms with Crippen molar-refractivity contribution in [1.29, 1.82) is 0 Å². The third-order valence-corrected chi connectivity index (χ3v) is 7.19. The highest BCUT2D eigenvalue weighted by atomic mass is 16.4. The Labute approximate surface area is 129 Å². The molecule has 4 aliphatic carbocycles. The van der Waals surface area contributed by atoms with Crippen molar-refractivity contribution in [3.05, 3.63) is 11.6 Å². The average Bonchev–Trinajstić information content (AvgIpc) is 2.42. The molecular formula is C19H30O2. The Kier molecular flexibility index (Phi) is 3.70. The van der Waals surface area contributed by atoms with Gasteiger partial charge in [-0.3, -0.25) is 0 Å². The fraction of sp³-hybridized carbons (Fsp3) is 0.842. The molecule has 0 amide bonds. The van der Waals surface area contributed by atoms with Crippen LogP contribution >= 0.6 is 0 Å². The van der Waals surface area contributed by atoms with Gasteiger partial charge in [0.25, 0.3) is 0 Å². The maximum Gasteiger partial charge on any atom is 0.330 e. The molecule has 0 aromatic rings. The molecule has 4 saturated carbocycles. The maximum absolute atomic E-state index is 11.4. The van der Waals surface area contributed by atoms with Crippen LogP contribution in [-0.4, -0.2) is 11.1 Å². The van der Waals surface area contributed by atoms with E-state index in [0.29, 0.717) is 11.0 Å². The van der Waals surface area contributed by atoms with E-state index in [0.717, 1.165) is 30.6 Å². The SMILES string of the molecule is CCC(C=C(C)C(=O)O)(CC)C12CC3CC(CC(C3)C1)C2. The van der Waals surface area contributed by atoms with E-state index in [1.54, 1.807) is 6.92 Å². The van der Waals surface area contributed by atoms with Crippen molar-refractivity contribution in [3.8, 4) is 0 Å². The Balaban J connectivity index is 2.01.